The Morgan fingerprint density at radius 3 is 2.14 bits per heavy atom. The average molecular weight is 400 g/mol. The van der Waals surface area contributed by atoms with E-state index in [2.05, 4.69) is 25.2 Å². The molecule has 0 atom stereocenters. The predicted octanol–water partition coefficient (Wildman–Crippen LogP) is 1.20. The van der Waals surface area contributed by atoms with Crippen molar-refractivity contribution in [1.29, 1.82) is 0 Å². The molecular weight excluding hydrogens is 372 g/mol. The molecule has 2 fully saturated rings. The van der Waals surface area contributed by atoms with Crippen LogP contribution >= 0.6 is 0 Å². The first-order chi connectivity index (χ1) is 14.1. The number of hydrogen-bond donors (Lipinski definition) is 0. The van der Waals surface area contributed by atoms with Crippen molar-refractivity contribution in [2.75, 3.05) is 62.3 Å². The molecule has 1 amide bonds. The van der Waals surface area contributed by atoms with Gasteiger partial charge in [-0.15, -0.1) is 10.2 Å². The van der Waals surface area contributed by atoms with Crippen molar-refractivity contribution < 1.29 is 14.1 Å². The van der Waals surface area contributed by atoms with Crippen LogP contribution in [0.2, 0.25) is 0 Å². The molecule has 9 heteroatoms. The zero-order chi connectivity index (χ0) is 20.2. The largest absolute Gasteiger partial charge is 0.378 e. The molecule has 2 aliphatic rings. The first kappa shape index (κ1) is 19.6. The van der Waals surface area contributed by atoms with Crippen LogP contribution in [0.1, 0.15) is 23.4 Å². The van der Waals surface area contributed by atoms with Gasteiger partial charge >= 0.3 is 0 Å². The van der Waals surface area contributed by atoms with Crippen molar-refractivity contribution in [2.45, 2.75) is 26.7 Å². The Hall–Kier alpha value is -2.68. The zero-order valence-corrected chi connectivity index (χ0v) is 17.1. The van der Waals surface area contributed by atoms with Gasteiger partial charge in [0.15, 0.2) is 11.6 Å². The zero-order valence-electron chi connectivity index (χ0n) is 17.1. The second-order valence-electron chi connectivity index (χ2n) is 7.52. The summed E-state index contributed by atoms with van der Waals surface area (Å²) in [5.41, 5.74) is 1.92. The van der Waals surface area contributed by atoms with Gasteiger partial charge < -0.3 is 24.0 Å². The SMILES string of the molecule is Cc1noc(C)c1CCC(=O)N1CCN(c2ccc(N3CCOCC3)nn2)CC1. The smallest absolute Gasteiger partial charge is 0.223 e. The van der Waals surface area contributed by atoms with Gasteiger partial charge in [0.25, 0.3) is 0 Å². The second-order valence-corrected chi connectivity index (χ2v) is 7.52. The number of ether oxygens (including phenoxy) is 1. The van der Waals surface area contributed by atoms with Crippen molar-refractivity contribution in [3.05, 3.63) is 29.2 Å². The predicted molar refractivity (Wildman–Crippen MR) is 108 cm³/mol. The van der Waals surface area contributed by atoms with Crippen LogP contribution in [-0.2, 0) is 16.0 Å². The monoisotopic (exact) mass is 400 g/mol. The molecule has 2 aliphatic heterocycles. The van der Waals surface area contributed by atoms with Crippen molar-refractivity contribution in [1.82, 2.24) is 20.3 Å². The molecule has 2 aromatic rings. The number of morpholine rings is 1. The number of piperazine rings is 1. The van der Waals surface area contributed by atoms with E-state index in [1.54, 1.807) is 0 Å². The van der Waals surface area contributed by atoms with Crippen molar-refractivity contribution in [3.63, 3.8) is 0 Å². The van der Waals surface area contributed by atoms with Crippen LogP contribution in [0.4, 0.5) is 11.6 Å². The minimum absolute atomic E-state index is 0.179. The number of carbonyl (C=O) groups is 1. The summed E-state index contributed by atoms with van der Waals surface area (Å²) in [6.07, 6.45) is 1.16. The lowest BCUT2D eigenvalue weighted by Gasteiger charge is -2.35. The highest BCUT2D eigenvalue weighted by Gasteiger charge is 2.23. The Morgan fingerprint density at radius 2 is 1.59 bits per heavy atom. The molecule has 9 nitrogen and oxygen atoms in total. The van der Waals surface area contributed by atoms with Crippen LogP contribution in [0, 0.1) is 13.8 Å². The molecule has 0 aromatic carbocycles. The quantitative estimate of drug-likeness (QED) is 0.740. The topological polar surface area (TPSA) is 87.8 Å². The molecule has 4 heterocycles. The van der Waals surface area contributed by atoms with Gasteiger partial charge in [0.2, 0.25) is 5.91 Å². The third-order valence-electron chi connectivity index (χ3n) is 5.70. The molecule has 0 bridgehead atoms. The Morgan fingerprint density at radius 1 is 0.966 bits per heavy atom. The Kier molecular flexibility index (Phi) is 5.94. The number of carbonyl (C=O) groups excluding carboxylic acids is 1. The van der Waals surface area contributed by atoms with Crippen LogP contribution in [0.3, 0.4) is 0 Å². The first-order valence-electron chi connectivity index (χ1n) is 10.2. The summed E-state index contributed by atoms with van der Waals surface area (Å²) in [7, 11) is 0. The van der Waals surface area contributed by atoms with Gasteiger partial charge in [-0.05, 0) is 32.4 Å². The summed E-state index contributed by atoms with van der Waals surface area (Å²) in [4.78, 5) is 18.9. The third kappa shape index (κ3) is 4.50. The van der Waals surface area contributed by atoms with Crippen LogP contribution in [-0.4, -0.2) is 78.6 Å². The van der Waals surface area contributed by atoms with Gasteiger partial charge in [-0.3, -0.25) is 4.79 Å². The summed E-state index contributed by atoms with van der Waals surface area (Å²) in [5, 5.41) is 12.8. The third-order valence-corrected chi connectivity index (χ3v) is 5.70. The van der Waals surface area contributed by atoms with Crippen molar-refractivity contribution in [3.8, 4) is 0 Å². The van der Waals surface area contributed by atoms with E-state index in [9.17, 15) is 4.79 Å². The maximum atomic E-state index is 12.6. The molecule has 0 saturated carbocycles. The van der Waals surface area contributed by atoms with Gasteiger partial charge in [-0.25, -0.2) is 0 Å². The molecular formula is C20H28N6O3. The molecule has 2 aromatic heterocycles. The average Bonchev–Trinajstić information content (AvgIpc) is 3.10. The maximum absolute atomic E-state index is 12.6. The molecule has 156 valence electrons. The van der Waals surface area contributed by atoms with Crippen LogP contribution in [0.5, 0.6) is 0 Å². The summed E-state index contributed by atoms with van der Waals surface area (Å²) in [6, 6.07) is 4.04. The van der Waals surface area contributed by atoms with E-state index in [0.717, 1.165) is 68.0 Å². The number of aromatic nitrogens is 3. The second kappa shape index (κ2) is 8.77. The van der Waals surface area contributed by atoms with Gasteiger partial charge in [0.05, 0.1) is 18.9 Å². The first-order valence-corrected chi connectivity index (χ1v) is 10.2. The van der Waals surface area contributed by atoms with E-state index in [1.807, 2.05) is 30.9 Å². The molecule has 0 aliphatic carbocycles. The summed E-state index contributed by atoms with van der Waals surface area (Å²) < 4.78 is 10.6. The van der Waals surface area contributed by atoms with E-state index in [0.29, 0.717) is 25.9 Å². The molecule has 0 spiro atoms. The van der Waals surface area contributed by atoms with E-state index < -0.39 is 0 Å². The van der Waals surface area contributed by atoms with Crippen LogP contribution in [0.15, 0.2) is 16.7 Å². The van der Waals surface area contributed by atoms with Crippen molar-refractivity contribution >= 4 is 17.5 Å². The summed E-state index contributed by atoms with van der Waals surface area (Å²) >= 11 is 0. The molecule has 0 unspecified atom stereocenters. The summed E-state index contributed by atoms with van der Waals surface area (Å²) in [6.45, 7) is 9.91. The van der Waals surface area contributed by atoms with Crippen molar-refractivity contribution in [2.24, 2.45) is 0 Å². The van der Waals surface area contributed by atoms with E-state index in [4.69, 9.17) is 9.26 Å². The van der Waals surface area contributed by atoms with Crippen LogP contribution in [0.25, 0.3) is 0 Å². The lowest BCUT2D eigenvalue weighted by molar-refractivity contribution is -0.131. The van der Waals surface area contributed by atoms with E-state index in [1.165, 1.54) is 0 Å². The highest BCUT2D eigenvalue weighted by molar-refractivity contribution is 5.76. The van der Waals surface area contributed by atoms with Gasteiger partial charge in [0, 0.05) is 51.3 Å². The number of hydrogen-bond acceptors (Lipinski definition) is 8. The Labute approximate surface area is 170 Å². The fourth-order valence-corrected chi connectivity index (χ4v) is 3.88. The molecule has 0 N–H and O–H groups in total. The minimum Gasteiger partial charge on any atom is -0.378 e. The highest BCUT2D eigenvalue weighted by Crippen LogP contribution is 2.19. The fourth-order valence-electron chi connectivity index (χ4n) is 3.88. The van der Waals surface area contributed by atoms with Gasteiger partial charge in [-0.1, -0.05) is 5.16 Å². The molecule has 2 saturated heterocycles. The Bertz CT molecular complexity index is 804. The lowest BCUT2D eigenvalue weighted by Crippen LogP contribution is -2.49. The van der Waals surface area contributed by atoms with E-state index >= 15 is 0 Å². The highest BCUT2D eigenvalue weighted by atomic mass is 16.5. The van der Waals surface area contributed by atoms with Crippen LogP contribution < -0.4 is 9.80 Å². The number of aryl methyl sites for hydroxylation is 2. The number of amides is 1. The minimum atomic E-state index is 0.179. The maximum Gasteiger partial charge on any atom is 0.223 e. The molecule has 0 radical (unpaired) electrons. The summed E-state index contributed by atoms with van der Waals surface area (Å²) in [5.74, 6) is 2.74. The fraction of sp³-hybridized carbons (Fsp3) is 0.600. The molecule has 29 heavy (non-hydrogen) atoms. The Balaban J connectivity index is 1.27. The lowest BCUT2D eigenvalue weighted by atomic mass is 10.1. The number of anilines is 2. The normalized spacial score (nSPS) is 17.7. The van der Waals surface area contributed by atoms with E-state index in [-0.39, 0.29) is 5.91 Å². The number of nitrogens with zero attached hydrogens (tertiary/aromatic N) is 6. The van der Waals surface area contributed by atoms with Gasteiger partial charge in [-0.2, -0.15) is 0 Å². The molecule has 4 rings (SSSR count). The standard InChI is InChI=1S/C20H28N6O3/c1-15-17(16(2)29-23-15)3-6-20(27)26-9-7-24(8-10-26)18-4-5-19(22-21-18)25-11-13-28-14-12-25/h4-5H,3,6-14H2,1-2H3. The number of rotatable bonds is 5. The van der Waals surface area contributed by atoms with Gasteiger partial charge in [0.1, 0.15) is 5.76 Å².